The van der Waals surface area contributed by atoms with Crippen molar-refractivity contribution in [2.75, 3.05) is 16.8 Å². The lowest BCUT2D eigenvalue weighted by Gasteiger charge is -2.36. The Labute approximate surface area is 189 Å². The molecule has 2 aromatic heterocycles. The number of nitrogens with zero attached hydrogens (tertiary/aromatic N) is 5. The summed E-state index contributed by atoms with van der Waals surface area (Å²) in [5.41, 5.74) is 2.32. The molecule has 3 aromatic rings. The van der Waals surface area contributed by atoms with E-state index in [1.165, 1.54) is 6.33 Å². The molecular weight excluding hydrogens is 431 g/mol. The van der Waals surface area contributed by atoms with Crippen molar-refractivity contribution >= 4 is 34.6 Å². The van der Waals surface area contributed by atoms with Crippen molar-refractivity contribution in [3.8, 4) is 0 Å². The minimum absolute atomic E-state index is 0.248. The highest BCUT2D eigenvalue weighted by Gasteiger charge is 2.39. The molecule has 2 aliphatic rings. The highest BCUT2D eigenvalue weighted by atomic mass is 35.5. The molecule has 162 valence electrons. The van der Waals surface area contributed by atoms with E-state index in [4.69, 9.17) is 18.2 Å². The van der Waals surface area contributed by atoms with Gasteiger partial charge in [-0.25, -0.2) is 19.8 Å². The number of aliphatic hydroxyl groups is 1. The highest BCUT2D eigenvalue weighted by Crippen LogP contribution is 2.42. The Morgan fingerprint density at radius 1 is 1.22 bits per heavy atom. The third-order valence-corrected chi connectivity index (χ3v) is 6.50. The maximum Gasteiger partial charge on any atom is 0.220 e. The number of anilines is 3. The Balaban J connectivity index is 1.36. The summed E-state index contributed by atoms with van der Waals surface area (Å²) in [6.45, 7) is 8.42. The number of rotatable bonds is 4. The average molecular weight is 451 g/mol. The van der Waals surface area contributed by atoms with Crippen LogP contribution in [-0.4, -0.2) is 26.6 Å². The minimum atomic E-state index is -1.09. The molecule has 2 N–H and O–H groups in total. The summed E-state index contributed by atoms with van der Waals surface area (Å²) in [4.78, 5) is 18.3. The van der Waals surface area contributed by atoms with Gasteiger partial charge in [-0.05, 0) is 49.9 Å². The van der Waals surface area contributed by atoms with Crippen molar-refractivity contribution < 1.29 is 9.50 Å². The molecule has 32 heavy (non-hydrogen) atoms. The molecule has 0 unspecified atom stereocenters. The Kier molecular flexibility index (Phi) is 5.16. The quantitative estimate of drug-likeness (QED) is 0.435. The van der Waals surface area contributed by atoms with Crippen LogP contribution in [0.5, 0.6) is 0 Å². The Morgan fingerprint density at radius 3 is 2.75 bits per heavy atom. The number of fused-ring (bicyclic) bond motifs is 1. The van der Waals surface area contributed by atoms with Crippen LogP contribution in [0, 0.1) is 12.5 Å². The summed E-state index contributed by atoms with van der Waals surface area (Å²) < 4.78 is 14.6. The van der Waals surface area contributed by atoms with Gasteiger partial charge in [-0.1, -0.05) is 17.7 Å². The first kappa shape index (κ1) is 20.6. The van der Waals surface area contributed by atoms with E-state index in [0.29, 0.717) is 48.2 Å². The molecule has 0 spiro atoms. The van der Waals surface area contributed by atoms with Crippen LogP contribution in [-0.2, 0) is 18.6 Å². The van der Waals surface area contributed by atoms with Gasteiger partial charge in [-0.2, -0.15) is 4.39 Å². The molecule has 1 aromatic carbocycles. The van der Waals surface area contributed by atoms with E-state index in [-0.39, 0.29) is 5.56 Å². The number of hydrogen-bond donors (Lipinski definition) is 2. The van der Waals surface area contributed by atoms with E-state index in [2.05, 4.69) is 30.0 Å². The fourth-order valence-electron chi connectivity index (χ4n) is 4.22. The average Bonchev–Trinajstić information content (AvgIpc) is 2.77. The van der Waals surface area contributed by atoms with Crippen LogP contribution >= 0.6 is 11.6 Å². The molecule has 5 rings (SSSR count). The van der Waals surface area contributed by atoms with Crippen molar-refractivity contribution in [3.63, 3.8) is 0 Å². The first-order valence-corrected chi connectivity index (χ1v) is 10.8. The third-order valence-electron chi connectivity index (χ3n) is 6.20. The fraction of sp³-hybridized carbons (Fsp3) is 0.304. The Hall–Kier alpha value is -3.28. The monoisotopic (exact) mass is 450 g/mol. The van der Waals surface area contributed by atoms with Crippen molar-refractivity contribution in [3.05, 3.63) is 75.9 Å². The second-order valence-corrected chi connectivity index (χ2v) is 8.52. The summed E-state index contributed by atoms with van der Waals surface area (Å²) in [5, 5.41) is 14.0. The predicted octanol–water partition coefficient (Wildman–Crippen LogP) is 4.89. The van der Waals surface area contributed by atoms with Crippen LogP contribution in [0.4, 0.5) is 27.4 Å². The number of pyridine rings is 1. The lowest BCUT2D eigenvalue weighted by molar-refractivity contribution is -0.0421. The van der Waals surface area contributed by atoms with E-state index in [9.17, 15) is 9.50 Å². The number of nitrogens with one attached hydrogen (secondary N) is 1. The zero-order valence-corrected chi connectivity index (χ0v) is 17.9. The third kappa shape index (κ3) is 3.64. The lowest BCUT2D eigenvalue weighted by atomic mass is 9.75. The van der Waals surface area contributed by atoms with Gasteiger partial charge in [-0.3, -0.25) is 0 Å². The van der Waals surface area contributed by atoms with E-state index >= 15 is 0 Å². The van der Waals surface area contributed by atoms with E-state index in [1.807, 2.05) is 6.07 Å². The van der Waals surface area contributed by atoms with Gasteiger partial charge in [0, 0.05) is 28.4 Å². The lowest BCUT2D eigenvalue weighted by Crippen LogP contribution is -2.34. The molecule has 0 saturated heterocycles. The standard InChI is InChI=1S/C23H20ClFN6O/c1-26-18-5-3-14(11-17(18)24)31-10-7-15-19(12-31)27-13-28-22(15)30-20-6-4-16(21(25)29-20)23(32)8-2-9-23/h3-6,11,13,32H,2,7-10,12H2,(H,27,28,29,30). The molecule has 9 heteroatoms. The topological polar surface area (TPSA) is 78.5 Å². The van der Waals surface area contributed by atoms with Crippen LogP contribution in [0.15, 0.2) is 36.7 Å². The number of hydrogen-bond acceptors (Lipinski definition) is 6. The first-order valence-electron chi connectivity index (χ1n) is 10.4. The summed E-state index contributed by atoms with van der Waals surface area (Å²) in [5.74, 6) is 0.267. The first-order chi connectivity index (χ1) is 15.5. The predicted molar refractivity (Wildman–Crippen MR) is 120 cm³/mol. The Morgan fingerprint density at radius 2 is 2.06 bits per heavy atom. The number of aromatic nitrogens is 3. The van der Waals surface area contributed by atoms with E-state index in [1.54, 1.807) is 24.3 Å². The largest absolute Gasteiger partial charge is 0.385 e. The van der Waals surface area contributed by atoms with Gasteiger partial charge >= 0.3 is 0 Å². The molecule has 1 fully saturated rings. The van der Waals surface area contributed by atoms with Gasteiger partial charge in [0.25, 0.3) is 0 Å². The molecule has 0 amide bonds. The second kappa shape index (κ2) is 8.01. The highest BCUT2D eigenvalue weighted by molar-refractivity contribution is 6.33. The van der Waals surface area contributed by atoms with Gasteiger partial charge in [0.05, 0.1) is 24.4 Å². The molecular formula is C23H20ClFN6O. The summed E-state index contributed by atoms with van der Waals surface area (Å²) >= 11 is 6.20. The molecule has 3 heterocycles. The van der Waals surface area contributed by atoms with E-state index in [0.717, 1.165) is 29.9 Å². The summed E-state index contributed by atoms with van der Waals surface area (Å²) in [7, 11) is 0. The summed E-state index contributed by atoms with van der Waals surface area (Å²) in [6, 6.07) is 8.66. The van der Waals surface area contributed by atoms with Crippen LogP contribution < -0.4 is 10.2 Å². The SMILES string of the molecule is [C-]#[N+]c1ccc(N2CCc3c(ncnc3Nc3ccc(C4(O)CCC4)c(F)n3)C2)cc1Cl. The van der Waals surface area contributed by atoms with E-state index < -0.39 is 11.5 Å². The van der Waals surface area contributed by atoms with Crippen molar-refractivity contribution in [1.29, 1.82) is 0 Å². The van der Waals surface area contributed by atoms with Gasteiger partial charge in [-0.15, -0.1) is 0 Å². The molecule has 0 bridgehead atoms. The smallest absolute Gasteiger partial charge is 0.220 e. The van der Waals surface area contributed by atoms with Crippen LogP contribution in [0.2, 0.25) is 5.02 Å². The zero-order chi connectivity index (χ0) is 22.3. The van der Waals surface area contributed by atoms with Crippen molar-refractivity contribution in [2.45, 2.75) is 37.8 Å². The fourth-order valence-corrected chi connectivity index (χ4v) is 4.44. The maximum atomic E-state index is 14.6. The molecule has 7 nitrogen and oxygen atoms in total. The normalized spacial score (nSPS) is 16.6. The minimum Gasteiger partial charge on any atom is -0.385 e. The number of benzene rings is 1. The number of halogens is 2. The molecule has 1 aliphatic heterocycles. The maximum absolute atomic E-state index is 14.6. The molecule has 1 aliphatic carbocycles. The van der Waals surface area contributed by atoms with Crippen molar-refractivity contribution in [2.24, 2.45) is 0 Å². The molecule has 0 atom stereocenters. The summed E-state index contributed by atoms with van der Waals surface area (Å²) in [6.07, 6.45) is 4.15. The van der Waals surface area contributed by atoms with Gasteiger partial charge in [0.2, 0.25) is 11.6 Å². The Bertz CT molecular complexity index is 1240. The van der Waals surface area contributed by atoms with Crippen LogP contribution in [0.3, 0.4) is 0 Å². The van der Waals surface area contributed by atoms with Gasteiger partial charge in [0.15, 0.2) is 0 Å². The van der Waals surface area contributed by atoms with Crippen LogP contribution in [0.25, 0.3) is 4.85 Å². The van der Waals surface area contributed by atoms with Gasteiger partial charge in [0.1, 0.15) is 18.0 Å². The van der Waals surface area contributed by atoms with Gasteiger partial charge < -0.3 is 15.3 Å². The zero-order valence-electron chi connectivity index (χ0n) is 17.1. The molecule has 0 radical (unpaired) electrons. The second-order valence-electron chi connectivity index (χ2n) is 8.11. The van der Waals surface area contributed by atoms with Crippen molar-refractivity contribution in [1.82, 2.24) is 15.0 Å². The molecule has 1 saturated carbocycles. The van der Waals surface area contributed by atoms with Crippen LogP contribution in [0.1, 0.15) is 36.1 Å².